The molecule has 0 radical (unpaired) electrons. The minimum atomic E-state index is -0.0807. The number of hydrazone groups is 1. The van der Waals surface area contributed by atoms with Crippen LogP contribution in [-0.4, -0.2) is 36.6 Å². The second-order valence-corrected chi connectivity index (χ2v) is 6.13. The molecule has 2 aromatic carbocycles. The fraction of sp³-hybridized carbons (Fsp3) is 0.176. The number of nitrogens with zero attached hydrogens (tertiary/aromatic N) is 4. The second-order valence-electron chi connectivity index (χ2n) is 5.13. The van der Waals surface area contributed by atoms with Crippen molar-refractivity contribution in [3.8, 4) is 11.5 Å². The summed E-state index contributed by atoms with van der Waals surface area (Å²) in [5, 5.41) is 18.4. The predicted octanol–water partition coefficient (Wildman–Crippen LogP) is 3.20. The Morgan fingerprint density at radius 2 is 2.15 bits per heavy atom. The van der Waals surface area contributed by atoms with Gasteiger partial charge in [-0.15, -0.1) is 4.91 Å². The monoisotopic (exact) mass is 372 g/mol. The number of aromatic nitrogens is 1. The number of methoxy groups -OCH3 is 1. The zero-order valence-electron chi connectivity index (χ0n) is 13.9. The summed E-state index contributed by atoms with van der Waals surface area (Å²) in [5.74, 6) is 0.830. The van der Waals surface area contributed by atoms with E-state index in [9.17, 15) is 10.0 Å². The molecule has 0 spiro atoms. The third-order valence-electron chi connectivity index (χ3n) is 3.50. The number of rotatable bonds is 8. The summed E-state index contributed by atoms with van der Waals surface area (Å²) in [7, 11) is 1.53. The zero-order valence-corrected chi connectivity index (χ0v) is 14.7. The van der Waals surface area contributed by atoms with Gasteiger partial charge in [0.2, 0.25) is 5.13 Å². The number of anilines is 1. The van der Waals surface area contributed by atoms with Gasteiger partial charge in [-0.05, 0) is 30.3 Å². The molecule has 0 aliphatic carbocycles. The largest absolute Gasteiger partial charge is 0.496 e. The molecule has 0 bridgehead atoms. The van der Waals surface area contributed by atoms with Crippen LogP contribution in [0.1, 0.15) is 5.56 Å². The van der Waals surface area contributed by atoms with Gasteiger partial charge in [-0.3, -0.25) is 0 Å². The van der Waals surface area contributed by atoms with Gasteiger partial charge in [0.15, 0.2) is 11.1 Å². The summed E-state index contributed by atoms with van der Waals surface area (Å²) in [6.07, 6.45) is 1.55. The molecule has 134 valence electrons. The molecule has 1 N–H and O–H groups in total. The van der Waals surface area contributed by atoms with E-state index in [1.54, 1.807) is 29.4 Å². The van der Waals surface area contributed by atoms with Crippen LogP contribution in [0.4, 0.5) is 5.13 Å². The van der Waals surface area contributed by atoms with E-state index < -0.39 is 0 Å². The zero-order chi connectivity index (χ0) is 18.4. The fourth-order valence-electron chi connectivity index (χ4n) is 2.31. The highest BCUT2D eigenvalue weighted by molar-refractivity contribution is 7.22. The van der Waals surface area contributed by atoms with E-state index in [-0.39, 0.29) is 18.9 Å². The van der Waals surface area contributed by atoms with Crippen LogP contribution < -0.4 is 14.6 Å². The molecule has 9 heteroatoms. The van der Waals surface area contributed by atoms with Gasteiger partial charge in [0.05, 0.1) is 36.7 Å². The van der Waals surface area contributed by atoms with Gasteiger partial charge < -0.3 is 14.7 Å². The molecule has 3 rings (SSSR count). The minimum absolute atomic E-state index is 0.0807. The van der Waals surface area contributed by atoms with Crippen molar-refractivity contribution in [3.63, 3.8) is 0 Å². The third kappa shape index (κ3) is 3.95. The average molecular weight is 372 g/mol. The van der Waals surface area contributed by atoms with Crippen molar-refractivity contribution in [1.82, 2.24) is 4.98 Å². The van der Waals surface area contributed by atoms with Crippen LogP contribution in [0.25, 0.3) is 10.2 Å². The van der Waals surface area contributed by atoms with E-state index in [1.807, 2.05) is 24.3 Å². The molecule has 0 aliphatic heterocycles. The van der Waals surface area contributed by atoms with Crippen molar-refractivity contribution < 1.29 is 14.7 Å². The Kier molecular flexibility index (Phi) is 5.72. The highest BCUT2D eigenvalue weighted by Crippen LogP contribution is 2.29. The van der Waals surface area contributed by atoms with Gasteiger partial charge in [-0.25, -0.2) is 9.99 Å². The number of thiazole rings is 1. The lowest BCUT2D eigenvalue weighted by molar-refractivity contribution is 0.302. The molecule has 0 saturated heterocycles. The lowest BCUT2D eigenvalue weighted by atomic mass is 10.2. The lowest BCUT2D eigenvalue weighted by Gasteiger charge is -2.14. The number of aliphatic hydroxyl groups excluding tert-OH is 1. The molecule has 0 fully saturated rings. The van der Waals surface area contributed by atoms with E-state index >= 15 is 0 Å². The second kappa shape index (κ2) is 8.37. The molecule has 1 aromatic heterocycles. The maximum Gasteiger partial charge on any atom is 0.207 e. The number of hydrogen-bond donors (Lipinski definition) is 1. The summed E-state index contributed by atoms with van der Waals surface area (Å²) >= 11 is 1.48. The number of ether oxygens (including phenoxy) is 1. The van der Waals surface area contributed by atoms with Crippen molar-refractivity contribution in [2.45, 2.75) is 0 Å². The number of hydrogen-bond acceptors (Lipinski definition) is 9. The number of fused-ring (bicyclic) bond motifs is 1. The van der Waals surface area contributed by atoms with E-state index in [4.69, 9.17) is 4.74 Å². The molecule has 0 aliphatic rings. The van der Waals surface area contributed by atoms with Gasteiger partial charge >= 0.3 is 0 Å². The van der Waals surface area contributed by atoms with Gasteiger partial charge in [0, 0.05) is 5.56 Å². The van der Waals surface area contributed by atoms with Gasteiger partial charge in [0.1, 0.15) is 5.75 Å². The minimum Gasteiger partial charge on any atom is -0.496 e. The summed E-state index contributed by atoms with van der Waals surface area (Å²) < 4.78 is 6.32. The number of para-hydroxylation sites is 1. The van der Waals surface area contributed by atoms with Crippen LogP contribution in [0.3, 0.4) is 0 Å². The molecule has 0 unspecified atom stereocenters. The first-order valence-corrected chi connectivity index (χ1v) is 8.52. The number of benzene rings is 2. The van der Waals surface area contributed by atoms with E-state index in [2.05, 4.69) is 20.3 Å². The van der Waals surface area contributed by atoms with Crippen molar-refractivity contribution >= 4 is 32.9 Å². The normalized spacial score (nSPS) is 11.0. The average Bonchev–Trinajstić information content (AvgIpc) is 3.09. The molecule has 1 heterocycles. The Labute approximate surface area is 153 Å². The summed E-state index contributed by atoms with van der Waals surface area (Å²) in [4.78, 5) is 19.4. The Morgan fingerprint density at radius 3 is 2.88 bits per heavy atom. The summed E-state index contributed by atoms with van der Waals surface area (Å²) in [6, 6.07) is 12.6. The highest BCUT2D eigenvalue weighted by Gasteiger charge is 2.11. The van der Waals surface area contributed by atoms with Gasteiger partial charge in [0.25, 0.3) is 0 Å². The molecule has 0 saturated carbocycles. The van der Waals surface area contributed by atoms with Crippen LogP contribution in [0.15, 0.2) is 52.9 Å². The maximum atomic E-state index is 10.3. The first-order chi connectivity index (χ1) is 12.7. The van der Waals surface area contributed by atoms with E-state index in [1.165, 1.54) is 18.4 Å². The topological polar surface area (TPSA) is 96.6 Å². The van der Waals surface area contributed by atoms with Crippen LogP contribution in [-0.2, 0) is 0 Å². The highest BCUT2D eigenvalue weighted by atomic mass is 32.1. The Hall–Kier alpha value is -3.04. The third-order valence-corrected chi connectivity index (χ3v) is 4.54. The lowest BCUT2D eigenvalue weighted by Crippen LogP contribution is -2.20. The molecule has 0 atom stereocenters. The molecular formula is C17H16N4O4S. The molecule has 26 heavy (non-hydrogen) atoms. The number of aliphatic hydroxyl groups is 1. The Balaban J connectivity index is 1.92. The SMILES string of the molecule is COc1ccc(ON=O)cc1/C=N/N(CCO)c1nc2ccccc2s1. The van der Waals surface area contributed by atoms with Gasteiger partial charge in [-0.1, -0.05) is 23.5 Å². The van der Waals surface area contributed by atoms with Crippen molar-refractivity contribution in [2.24, 2.45) is 10.4 Å². The van der Waals surface area contributed by atoms with Crippen molar-refractivity contribution in [2.75, 3.05) is 25.3 Å². The van der Waals surface area contributed by atoms with E-state index in [0.717, 1.165) is 10.2 Å². The molecular weight excluding hydrogens is 356 g/mol. The molecule has 0 amide bonds. The van der Waals surface area contributed by atoms with Crippen molar-refractivity contribution in [1.29, 1.82) is 0 Å². The standard InChI is InChI=1S/C17H16N4O4S/c1-24-15-7-6-13(25-20-23)10-12(15)11-18-21(8-9-22)17-19-14-4-2-3-5-16(14)26-17/h2-7,10-11,22H,8-9H2,1H3/b18-11+. The van der Waals surface area contributed by atoms with Crippen LogP contribution in [0.5, 0.6) is 11.5 Å². The van der Waals surface area contributed by atoms with E-state index in [0.29, 0.717) is 16.4 Å². The van der Waals surface area contributed by atoms with Crippen molar-refractivity contribution in [3.05, 3.63) is 52.9 Å². The molecule has 3 aromatic rings. The quantitative estimate of drug-likeness (QED) is 0.370. The summed E-state index contributed by atoms with van der Waals surface area (Å²) in [5.41, 5.74) is 1.47. The predicted molar refractivity (Wildman–Crippen MR) is 101 cm³/mol. The Morgan fingerprint density at radius 1 is 1.31 bits per heavy atom. The first-order valence-electron chi connectivity index (χ1n) is 7.71. The Bertz CT molecular complexity index is 895. The van der Waals surface area contributed by atoms with Gasteiger partial charge in [-0.2, -0.15) is 5.10 Å². The maximum absolute atomic E-state index is 10.3. The fourth-order valence-corrected chi connectivity index (χ4v) is 3.26. The van der Waals surface area contributed by atoms with Crippen LogP contribution in [0.2, 0.25) is 0 Å². The first kappa shape index (κ1) is 17.8. The summed E-state index contributed by atoms with van der Waals surface area (Å²) in [6.45, 7) is 0.202. The van der Waals surface area contributed by atoms with Crippen LogP contribution >= 0.6 is 11.3 Å². The van der Waals surface area contributed by atoms with Crippen LogP contribution in [0, 0.1) is 4.91 Å². The molecule has 8 nitrogen and oxygen atoms in total. The smallest absolute Gasteiger partial charge is 0.207 e.